The molecule has 0 aliphatic rings. The molecule has 134 valence electrons. The Hall–Kier alpha value is -1.08. The minimum atomic E-state index is -0.523. The van der Waals surface area contributed by atoms with Crippen LogP contribution >= 0.6 is 46.4 Å². The summed E-state index contributed by atoms with van der Waals surface area (Å²) in [5.41, 5.74) is 0.0939. The Morgan fingerprint density at radius 2 is 1.00 bits per heavy atom. The number of amides is 4. The van der Waals surface area contributed by atoms with Gasteiger partial charge in [0, 0.05) is 12.1 Å². The summed E-state index contributed by atoms with van der Waals surface area (Å²) < 4.78 is 0. The quantitative estimate of drug-likeness (QED) is 0.394. The largest absolute Gasteiger partial charge is 0.336 e. The highest BCUT2D eigenvalue weighted by molar-refractivity contribution is 6.53. The summed E-state index contributed by atoms with van der Waals surface area (Å²) in [6.45, 7) is 7.17. The molecule has 1 aromatic rings. The minimum Gasteiger partial charge on any atom is -0.336 e. The van der Waals surface area contributed by atoms with E-state index in [4.69, 9.17) is 46.4 Å². The zero-order valence-electron chi connectivity index (χ0n) is 13.5. The molecular formula is C14H18Cl4N4O2. The normalized spacial score (nSPS) is 10.8. The van der Waals surface area contributed by atoms with E-state index in [1.54, 1.807) is 27.7 Å². The van der Waals surface area contributed by atoms with Crippen LogP contribution in [0, 0.1) is 0 Å². The molecule has 0 heterocycles. The number of carbonyl (C=O) groups excluding carboxylic acids is 2. The molecule has 24 heavy (non-hydrogen) atoms. The van der Waals surface area contributed by atoms with Crippen molar-refractivity contribution in [1.29, 1.82) is 0 Å². The molecule has 0 saturated heterocycles. The van der Waals surface area contributed by atoms with Gasteiger partial charge in [-0.25, -0.2) is 9.59 Å². The molecule has 4 N–H and O–H groups in total. The van der Waals surface area contributed by atoms with Crippen molar-refractivity contribution in [2.45, 2.75) is 39.8 Å². The van der Waals surface area contributed by atoms with E-state index in [0.29, 0.717) is 0 Å². The number of hydrogen-bond donors (Lipinski definition) is 4. The Morgan fingerprint density at radius 3 is 1.29 bits per heavy atom. The van der Waals surface area contributed by atoms with Crippen molar-refractivity contribution < 1.29 is 9.59 Å². The molecule has 0 aliphatic heterocycles. The fraction of sp³-hybridized carbons (Fsp3) is 0.429. The fourth-order valence-electron chi connectivity index (χ4n) is 1.68. The van der Waals surface area contributed by atoms with Crippen molar-refractivity contribution in [3.8, 4) is 0 Å². The number of anilines is 2. The number of benzene rings is 1. The van der Waals surface area contributed by atoms with E-state index in [9.17, 15) is 9.59 Å². The molecule has 1 aromatic carbocycles. The van der Waals surface area contributed by atoms with Gasteiger partial charge in [-0.1, -0.05) is 46.4 Å². The van der Waals surface area contributed by atoms with E-state index in [2.05, 4.69) is 21.3 Å². The van der Waals surface area contributed by atoms with Crippen molar-refractivity contribution in [3.63, 3.8) is 0 Å². The van der Waals surface area contributed by atoms with Gasteiger partial charge >= 0.3 is 12.1 Å². The van der Waals surface area contributed by atoms with Crippen LogP contribution in [-0.2, 0) is 0 Å². The van der Waals surface area contributed by atoms with Crippen LogP contribution in [0.3, 0.4) is 0 Å². The SMILES string of the molecule is CC(C)NC(=O)Nc1c(Cl)c(Cl)c(Cl)c(NC(=O)NC(C)C)c1Cl. The van der Waals surface area contributed by atoms with Gasteiger partial charge in [-0.2, -0.15) is 0 Å². The van der Waals surface area contributed by atoms with Crippen LogP contribution in [0.1, 0.15) is 27.7 Å². The summed E-state index contributed by atoms with van der Waals surface area (Å²) in [4.78, 5) is 23.8. The van der Waals surface area contributed by atoms with Gasteiger partial charge < -0.3 is 21.3 Å². The Morgan fingerprint density at radius 1 is 0.667 bits per heavy atom. The first-order chi connectivity index (χ1) is 11.0. The zero-order chi connectivity index (χ0) is 18.6. The molecule has 1 rings (SSSR count). The van der Waals surface area contributed by atoms with Gasteiger partial charge in [-0.3, -0.25) is 0 Å². The van der Waals surface area contributed by atoms with Crippen LogP contribution in [0.2, 0.25) is 20.1 Å². The highest BCUT2D eigenvalue weighted by Crippen LogP contribution is 2.47. The van der Waals surface area contributed by atoms with Crippen LogP contribution in [-0.4, -0.2) is 24.1 Å². The number of halogens is 4. The van der Waals surface area contributed by atoms with Crippen molar-refractivity contribution in [1.82, 2.24) is 10.6 Å². The second-order valence-electron chi connectivity index (χ2n) is 5.51. The molecule has 0 atom stereocenters. The number of rotatable bonds is 4. The second-order valence-corrected chi connectivity index (χ2v) is 7.02. The van der Waals surface area contributed by atoms with Gasteiger partial charge in [-0.05, 0) is 27.7 Å². The van der Waals surface area contributed by atoms with E-state index >= 15 is 0 Å². The maximum Gasteiger partial charge on any atom is 0.319 e. The summed E-state index contributed by atoms with van der Waals surface area (Å²) in [6, 6.07) is -1.24. The smallest absolute Gasteiger partial charge is 0.319 e. The molecule has 0 radical (unpaired) electrons. The van der Waals surface area contributed by atoms with Gasteiger partial charge in [0.25, 0.3) is 0 Å². The lowest BCUT2D eigenvalue weighted by Gasteiger charge is -2.18. The summed E-state index contributed by atoms with van der Waals surface area (Å²) in [6.07, 6.45) is 0. The summed E-state index contributed by atoms with van der Waals surface area (Å²) >= 11 is 24.5. The van der Waals surface area contributed by atoms with E-state index in [-0.39, 0.29) is 43.5 Å². The molecule has 0 bridgehead atoms. The molecule has 0 fully saturated rings. The summed E-state index contributed by atoms with van der Waals surface area (Å²) in [5, 5.41) is 10.1. The third-order valence-corrected chi connectivity index (χ3v) is 4.29. The third kappa shape index (κ3) is 5.48. The van der Waals surface area contributed by atoms with E-state index in [1.165, 1.54) is 0 Å². The van der Waals surface area contributed by atoms with E-state index in [0.717, 1.165) is 0 Å². The van der Waals surface area contributed by atoms with Gasteiger partial charge in [0.2, 0.25) is 0 Å². The van der Waals surface area contributed by atoms with Gasteiger partial charge in [0.15, 0.2) is 0 Å². The Balaban J connectivity index is 3.21. The average Bonchev–Trinajstić information content (AvgIpc) is 2.44. The van der Waals surface area contributed by atoms with E-state index in [1.807, 2.05) is 0 Å². The molecule has 0 aliphatic carbocycles. The molecule has 10 heteroatoms. The van der Waals surface area contributed by atoms with E-state index < -0.39 is 12.1 Å². The van der Waals surface area contributed by atoms with Gasteiger partial charge in [0.05, 0.1) is 31.5 Å². The van der Waals surface area contributed by atoms with Gasteiger partial charge in [-0.15, -0.1) is 0 Å². The van der Waals surface area contributed by atoms with Crippen molar-refractivity contribution in [2.75, 3.05) is 10.6 Å². The first-order valence-electron chi connectivity index (χ1n) is 7.05. The molecule has 0 aromatic heterocycles. The summed E-state index contributed by atoms with van der Waals surface area (Å²) in [5.74, 6) is 0. The fourth-order valence-corrected chi connectivity index (χ4v) is 2.77. The van der Waals surface area contributed by atoms with Crippen LogP contribution in [0.4, 0.5) is 21.0 Å². The first kappa shape index (κ1) is 21.0. The zero-order valence-corrected chi connectivity index (χ0v) is 16.5. The third-order valence-electron chi connectivity index (χ3n) is 2.58. The van der Waals surface area contributed by atoms with Crippen LogP contribution in [0.25, 0.3) is 0 Å². The lowest BCUT2D eigenvalue weighted by molar-refractivity contribution is 0.249. The molecular weight excluding hydrogens is 398 g/mol. The Kier molecular flexibility index (Phi) is 7.73. The first-order valence-corrected chi connectivity index (χ1v) is 8.56. The monoisotopic (exact) mass is 414 g/mol. The predicted octanol–water partition coefficient (Wildman–Crippen LogP) is 5.36. The second kappa shape index (κ2) is 8.85. The lowest BCUT2D eigenvalue weighted by Crippen LogP contribution is -2.35. The molecule has 0 unspecified atom stereocenters. The van der Waals surface area contributed by atoms with Crippen LogP contribution < -0.4 is 21.3 Å². The van der Waals surface area contributed by atoms with Crippen LogP contribution in [0.15, 0.2) is 0 Å². The van der Waals surface area contributed by atoms with Crippen LogP contribution in [0.5, 0.6) is 0 Å². The number of hydrogen-bond acceptors (Lipinski definition) is 2. The van der Waals surface area contributed by atoms with Crippen molar-refractivity contribution in [2.24, 2.45) is 0 Å². The lowest BCUT2D eigenvalue weighted by atomic mass is 10.2. The van der Waals surface area contributed by atoms with Crippen molar-refractivity contribution in [3.05, 3.63) is 20.1 Å². The standard InChI is InChI=1S/C14H18Cl4N4O2/c1-5(2)19-13(23)21-11-8(16)7(15)9(17)12(10(11)18)22-14(24)20-6(3)4/h5-6H,1-4H3,(H2,19,21,23)(H2,20,22,24). The average molecular weight is 416 g/mol. The Labute approximate surface area is 160 Å². The Bertz CT molecular complexity index is 599. The number of nitrogens with one attached hydrogen (secondary N) is 4. The summed E-state index contributed by atoms with van der Waals surface area (Å²) in [7, 11) is 0. The maximum atomic E-state index is 11.9. The predicted molar refractivity (Wildman–Crippen MR) is 101 cm³/mol. The number of carbonyl (C=O) groups is 2. The molecule has 0 saturated carbocycles. The molecule has 4 amide bonds. The molecule has 0 spiro atoms. The highest BCUT2D eigenvalue weighted by atomic mass is 35.5. The van der Waals surface area contributed by atoms with Crippen molar-refractivity contribution >= 4 is 69.8 Å². The topological polar surface area (TPSA) is 82.3 Å². The highest BCUT2D eigenvalue weighted by Gasteiger charge is 2.23. The van der Waals surface area contributed by atoms with Gasteiger partial charge in [0.1, 0.15) is 0 Å². The molecule has 6 nitrogen and oxygen atoms in total. The number of urea groups is 2. The minimum absolute atomic E-state index is 0.0274. The maximum absolute atomic E-state index is 11.9.